The summed E-state index contributed by atoms with van der Waals surface area (Å²) in [4.78, 5) is 13.2. The maximum atomic E-state index is 10.1. The Kier molecular flexibility index (Phi) is 13.9. The monoisotopic (exact) mass is 1170 g/mol. The van der Waals surface area contributed by atoms with Gasteiger partial charge in [0.2, 0.25) is 17.4 Å². The fourth-order valence-corrected chi connectivity index (χ4v) is 13.3. The van der Waals surface area contributed by atoms with Gasteiger partial charge in [-0.2, -0.15) is 25.5 Å². The number of hydrogen-bond acceptors (Lipinski definition) is 6. The molecule has 0 unspecified atom stereocenters. The highest BCUT2D eigenvalue weighted by Crippen LogP contribution is 2.57. The molecule has 0 bridgehead atoms. The van der Waals surface area contributed by atoms with Crippen LogP contribution < -0.4 is 0 Å². The van der Waals surface area contributed by atoms with Crippen molar-refractivity contribution in [3.05, 3.63) is 327 Å². The van der Waals surface area contributed by atoms with Crippen LogP contribution in [0.3, 0.4) is 0 Å². The molecule has 7 heteroatoms. The molecule has 0 radical (unpaired) electrons. The summed E-state index contributed by atoms with van der Waals surface area (Å²) in [5.41, 5.74) is 25.0. The van der Waals surface area contributed by atoms with Gasteiger partial charge in [0.15, 0.2) is 5.82 Å². The molecule has 0 atom stereocenters. The summed E-state index contributed by atoms with van der Waals surface area (Å²) in [6.45, 7) is 0. The van der Waals surface area contributed by atoms with E-state index in [1.165, 1.54) is 0 Å². The van der Waals surface area contributed by atoms with Gasteiger partial charge in [-0.1, -0.05) is 255 Å². The third-order valence-electron chi connectivity index (χ3n) is 17.4. The number of rotatable bonds is 12. The standard InChI is InChI=1S/C85H52N6O/c86-53-75-88-76(54-87)90-84(89-75)63-41-39-61(40-42-63)79-80(62-43-45-70(46-44-62)91-73-37-21-19-35-71(73)83-72-36-20-22-38-74(72)92-85(83)91)82(69-51-66(57-27-11-3-12-28-57)48-67(52-69)58-29-13-4-14-30-58)78(60-33-17-6-18-34-60)77(59-31-15-5-16-32-59)81(79)68-49-64(55-23-7-1-8-24-55)47-65(50-68)56-25-9-2-10-26-56/h1-52H. The molecule has 0 spiro atoms. The van der Waals surface area contributed by atoms with Crippen molar-refractivity contribution in [2.45, 2.75) is 0 Å². The van der Waals surface area contributed by atoms with E-state index in [9.17, 15) is 10.5 Å². The molecular formula is C85H52N6O. The van der Waals surface area contributed by atoms with E-state index in [-0.39, 0.29) is 17.5 Å². The zero-order valence-electron chi connectivity index (χ0n) is 49.6. The van der Waals surface area contributed by atoms with E-state index in [0.29, 0.717) is 5.56 Å². The van der Waals surface area contributed by atoms with Gasteiger partial charge in [0, 0.05) is 22.0 Å². The minimum Gasteiger partial charge on any atom is -0.439 e. The van der Waals surface area contributed by atoms with Crippen molar-refractivity contribution >= 4 is 33.0 Å². The summed E-state index contributed by atoms with van der Waals surface area (Å²) in [7, 11) is 0. The van der Waals surface area contributed by atoms with Crippen LogP contribution in [0.25, 0.3) is 161 Å². The lowest BCUT2D eigenvalue weighted by Crippen LogP contribution is -2.03. The molecule has 0 saturated heterocycles. The first kappa shape index (κ1) is 54.6. The lowest BCUT2D eigenvalue weighted by Gasteiger charge is -2.29. The largest absolute Gasteiger partial charge is 0.439 e. The maximum absolute atomic E-state index is 10.1. The normalized spacial score (nSPS) is 11.2. The molecule has 13 aromatic carbocycles. The van der Waals surface area contributed by atoms with Crippen LogP contribution in [0, 0.1) is 22.7 Å². The summed E-state index contributed by atoms with van der Waals surface area (Å²) < 4.78 is 9.09. The van der Waals surface area contributed by atoms with Gasteiger partial charge in [-0.25, -0.2) is 0 Å². The molecule has 92 heavy (non-hydrogen) atoms. The molecule has 0 aliphatic rings. The van der Waals surface area contributed by atoms with Gasteiger partial charge in [0.05, 0.1) is 10.9 Å². The third kappa shape index (κ3) is 9.86. The van der Waals surface area contributed by atoms with E-state index in [1.807, 2.05) is 36.4 Å². The van der Waals surface area contributed by atoms with Crippen LogP contribution in [0.4, 0.5) is 0 Å². The number of benzene rings is 13. The van der Waals surface area contributed by atoms with Crippen LogP contribution in [-0.4, -0.2) is 19.5 Å². The van der Waals surface area contributed by atoms with Crippen molar-refractivity contribution in [3.8, 4) is 140 Å². The molecule has 0 aliphatic carbocycles. The van der Waals surface area contributed by atoms with Crippen LogP contribution in [0.15, 0.2) is 320 Å². The molecule has 3 aromatic heterocycles. The fraction of sp³-hybridized carbons (Fsp3) is 0. The summed E-state index contributed by atoms with van der Waals surface area (Å²) in [5.74, 6) is -0.0381. The molecule has 0 saturated carbocycles. The van der Waals surface area contributed by atoms with Gasteiger partial charge >= 0.3 is 0 Å². The van der Waals surface area contributed by atoms with E-state index in [1.54, 1.807) is 0 Å². The fourth-order valence-electron chi connectivity index (χ4n) is 13.3. The lowest BCUT2D eigenvalue weighted by atomic mass is 9.73. The number of aromatic nitrogens is 4. The first-order valence-corrected chi connectivity index (χ1v) is 30.6. The Labute approximate surface area is 532 Å². The Morgan fingerprint density at radius 2 is 0.587 bits per heavy atom. The van der Waals surface area contributed by atoms with Gasteiger partial charge in [-0.05, 0) is 172 Å². The Hall–Kier alpha value is -12.8. The second-order valence-electron chi connectivity index (χ2n) is 22.8. The van der Waals surface area contributed by atoms with Crippen molar-refractivity contribution < 1.29 is 4.42 Å². The lowest BCUT2D eigenvalue weighted by molar-refractivity contribution is 0.645. The molecule has 0 N–H and O–H groups in total. The summed E-state index contributed by atoms with van der Waals surface area (Å²) >= 11 is 0. The smallest absolute Gasteiger partial charge is 0.236 e. The number of nitrogens with zero attached hydrogens (tertiary/aromatic N) is 6. The van der Waals surface area contributed by atoms with E-state index < -0.39 is 0 Å². The number of fused-ring (bicyclic) bond motifs is 5. The number of furan rings is 1. The first-order valence-electron chi connectivity index (χ1n) is 30.6. The van der Waals surface area contributed by atoms with Crippen molar-refractivity contribution in [1.82, 2.24) is 19.5 Å². The minimum absolute atomic E-state index is 0.133. The Morgan fingerprint density at radius 3 is 1.00 bits per heavy atom. The van der Waals surface area contributed by atoms with Crippen molar-refractivity contribution in [3.63, 3.8) is 0 Å². The number of hydrogen-bond donors (Lipinski definition) is 0. The Bertz CT molecular complexity index is 5390. The van der Waals surface area contributed by atoms with Gasteiger partial charge < -0.3 is 4.42 Å². The van der Waals surface area contributed by atoms with Gasteiger partial charge in [0.25, 0.3) is 0 Å². The molecular weight excluding hydrogens is 1120 g/mol. The summed E-state index contributed by atoms with van der Waals surface area (Å²) in [6, 6.07) is 117. The summed E-state index contributed by atoms with van der Waals surface area (Å²) in [6.07, 6.45) is 0. The third-order valence-corrected chi connectivity index (χ3v) is 17.4. The summed E-state index contributed by atoms with van der Waals surface area (Å²) in [5, 5.41) is 23.4. The van der Waals surface area contributed by atoms with E-state index in [4.69, 9.17) is 4.42 Å². The van der Waals surface area contributed by atoms with Gasteiger partial charge in [-0.3, -0.25) is 4.57 Å². The molecule has 16 rings (SSSR count). The topological polar surface area (TPSA) is 104 Å². The van der Waals surface area contributed by atoms with E-state index in [0.717, 1.165) is 150 Å². The Balaban J connectivity index is 1.10. The molecule has 0 amide bonds. The second kappa shape index (κ2) is 23.4. The highest BCUT2D eigenvalue weighted by atomic mass is 16.3. The van der Waals surface area contributed by atoms with E-state index in [2.05, 4.69) is 311 Å². The van der Waals surface area contributed by atoms with Gasteiger partial charge in [-0.15, -0.1) is 0 Å². The highest BCUT2D eigenvalue weighted by Gasteiger charge is 2.31. The molecule has 7 nitrogen and oxygen atoms in total. The van der Waals surface area contributed by atoms with E-state index >= 15 is 0 Å². The zero-order chi connectivity index (χ0) is 61.5. The van der Waals surface area contributed by atoms with Crippen LogP contribution in [0.5, 0.6) is 0 Å². The average molecular weight is 1170 g/mol. The van der Waals surface area contributed by atoms with Crippen LogP contribution in [-0.2, 0) is 0 Å². The predicted octanol–water partition coefficient (Wildman–Crippen LogP) is 21.8. The molecule has 3 heterocycles. The van der Waals surface area contributed by atoms with Crippen LogP contribution >= 0.6 is 0 Å². The predicted molar refractivity (Wildman–Crippen MR) is 373 cm³/mol. The first-order chi connectivity index (χ1) is 45.5. The molecule has 0 aliphatic heterocycles. The van der Waals surface area contributed by atoms with Crippen molar-refractivity contribution in [2.75, 3.05) is 0 Å². The minimum atomic E-state index is -0.133. The molecule has 0 fully saturated rings. The van der Waals surface area contributed by atoms with Crippen molar-refractivity contribution in [1.29, 1.82) is 10.5 Å². The maximum Gasteiger partial charge on any atom is 0.236 e. The molecule has 428 valence electrons. The number of para-hydroxylation sites is 2. The second-order valence-corrected chi connectivity index (χ2v) is 22.8. The van der Waals surface area contributed by atoms with Crippen molar-refractivity contribution in [2.24, 2.45) is 0 Å². The van der Waals surface area contributed by atoms with Gasteiger partial charge in [0.1, 0.15) is 17.7 Å². The SMILES string of the molecule is N#Cc1nc(C#N)nc(-c2ccc(-c3c(-c4ccc(-n5c6ccccc6c6c7ccccc7oc65)cc4)c(-c4cc(-c5ccccc5)cc(-c5ccccc5)c4)c(-c4ccccc4)c(-c4ccccc4)c3-c3cc(-c4ccccc4)cc(-c4ccccc4)c3)cc2)n1. The average Bonchev–Trinajstić information content (AvgIpc) is 1.11. The zero-order valence-corrected chi connectivity index (χ0v) is 49.6. The van der Waals surface area contributed by atoms with Crippen LogP contribution in [0.1, 0.15) is 11.6 Å². The number of nitriles is 2. The Morgan fingerprint density at radius 1 is 0.272 bits per heavy atom. The van der Waals surface area contributed by atoms with Crippen LogP contribution in [0.2, 0.25) is 0 Å². The molecule has 16 aromatic rings. The quantitative estimate of drug-likeness (QED) is 0.121. The highest BCUT2D eigenvalue weighted by molar-refractivity contribution is 6.20.